The average Bonchev–Trinajstić information content (AvgIpc) is 2.52. The molecule has 0 spiro atoms. The lowest BCUT2D eigenvalue weighted by atomic mass is 9.99. The van der Waals surface area contributed by atoms with E-state index in [0.717, 1.165) is 12.8 Å². The first-order valence-electron chi connectivity index (χ1n) is 4.72. The topological polar surface area (TPSA) is 17.8 Å². The van der Waals surface area contributed by atoms with Crippen molar-refractivity contribution in [2.75, 3.05) is 0 Å². The van der Waals surface area contributed by atoms with Gasteiger partial charge in [-0.05, 0) is 41.2 Å². The third-order valence-corrected chi connectivity index (χ3v) is 3.49. The number of allylic oxidation sites excluding steroid dienone is 2. The number of rotatable bonds is 2. The van der Waals surface area contributed by atoms with Crippen LogP contribution in [0, 0.1) is 0 Å². The van der Waals surface area contributed by atoms with Crippen LogP contribution < -0.4 is 0 Å². The Morgan fingerprint density at radius 3 is 3.07 bits per heavy atom. The second kappa shape index (κ2) is 3.65. The van der Waals surface area contributed by atoms with Crippen LogP contribution in [-0.4, -0.2) is 9.78 Å². The van der Waals surface area contributed by atoms with Crippen molar-refractivity contribution in [2.24, 2.45) is 7.05 Å². The molecule has 1 aliphatic rings. The third kappa shape index (κ3) is 1.52. The molecule has 1 aromatic rings. The van der Waals surface area contributed by atoms with E-state index in [1.165, 1.54) is 21.7 Å². The van der Waals surface area contributed by atoms with Gasteiger partial charge in [0.1, 0.15) is 0 Å². The lowest BCUT2D eigenvalue weighted by Crippen LogP contribution is -1.99. The first-order chi connectivity index (χ1) is 6.72. The first-order valence-corrected chi connectivity index (χ1v) is 5.60. The lowest BCUT2D eigenvalue weighted by molar-refractivity contribution is 0.763. The van der Waals surface area contributed by atoms with E-state index in [0.29, 0.717) is 0 Å². The highest BCUT2D eigenvalue weighted by molar-refractivity contribution is 8.06. The molecule has 2 rings (SSSR count). The van der Waals surface area contributed by atoms with Crippen LogP contribution in [0.1, 0.15) is 24.6 Å². The fourth-order valence-corrected chi connectivity index (χ4v) is 2.55. The summed E-state index contributed by atoms with van der Waals surface area (Å²) in [6.07, 6.45) is 4.35. The van der Waals surface area contributed by atoms with Crippen molar-refractivity contribution < 1.29 is 0 Å². The van der Waals surface area contributed by atoms with Gasteiger partial charge in [0.25, 0.3) is 0 Å². The molecule has 0 aliphatic heterocycles. The Morgan fingerprint density at radius 2 is 2.36 bits per heavy atom. The van der Waals surface area contributed by atoms with E-state index in [2.05, 4.69) is 24.8 Å². The van der Waals surface area contributed by atoms with Crippen LogP contribution >= 0.6 is 11.8 Å². The Morgan fingerprint density at radius 1 is 1.57 bits per heavy atom. The molecule has 0 aromatic carbocycles. The van der Waals surface area contributed by atoms with Gasteiger partial charge < -0.3 is 0 Å². The Bertz CT molecular complexity index is 401. The molecule has 1 heterocycles. The molecule has 0 saturated carbocycles. The van der Waals surface area contributed by atoms with Gasteiger partial charge in [-0.2, -0.15) is 5.10 Å². The Hall–Kier alpha value is -0.960. The second-order valence-corrected chi connectivity index (χ2v) is 4.57. The van der Waals surface area contributed by atoms with Crippen LogP contribution in [0.15, 0.2) is 23.1 Å². The number of hydrogen-bond donors (Lipinski definition) is 0. The van der Waals surface area contributed by atoms with Crippen molar-refractivity contribution in [1.82, 2.24) is 9.78 Å². The van der Waals surface area contributed by atoms with Crippen molar-refractivity contribution >= 4 is 17.3 Å². The summed E-state index contributed by atoms with van der Waals surface area (Å²) in [5, 5.41) is 6.37. The standard InChI is InChI=1S/C11H14N2S/c1-4-14-10-6-5-9-7-13(3)12-11(9)8(10)2/h4,7H,1,5-6H2,2-3H3. The summed E-state index contributed by atoms with van der Waals surface area (Å²) in [7, 11) is 1.98. The maximum absolute atomic E-state index is 4.48. The summed E-state index contributed by atoms with van der Waals surface area (Å²) in [5.41, 5.74) is 3.86. The first kappa shape index (κ1) is 9.59. The molecule has 0 N–H and O–H groups in total. The molecule has 0 saturated heterocycles. The van der Waals surface area contributed by atoms with Gasteiger partial charge in [-0.25, -0.2) is 0 Å². The molecule has 0 fully saturated rings. The van der Waals surface area contributed by atoms with Crippen molar-refractivity contribution in [3.8, 4) is 0 Å². The van der Waals surface area contributed by atoms with Crippen molar-refractivity contribution in [3.05, 3.63) is 34.3 Å². The van der Waals surface area contributed by atoms with Crippen LogP contribution in [0.5, 0.6) is 0 Å². The number of hydrogen-bond acceptors (Lipinski definition) is 2. The molecule has 14 heavy (non-hydrogen) atoms. The summed E-state index contributed by atoms with van der Waals surface area (Å²) in [6.45, 7) is 5.90. The molecule has 0 atom stereocenters. The van der Waals surface area contributed by atoms with E-state index < -0.39 is 0 Å². The fourth-order valence-electron chi connectivity index (χ4n) is 1.85. The van der Waals surface area contributed by atoms with Crippen LogP contribution in [0.3, 0.4) is 0 Å². The largest absolute Gasteiger partial charge is 0.275 e. The van der Waals surface area contributed by atoms with Crippen LogP contribution in [0.2, 0.25) is 0 Å². The summed E-state index contributed by atoms with van der Waals surface area (Å²) in [4.78, 5) is 1.41. The van der Waals surface area contributed by atoms with Gasteiger partial charge in [-0.15, -0.1) is 11.8 Å². The minimum atomic E-state index is 1.11. The zero-order chi connectivity index (χ0) is 10.1. The molecule has 1 aliphatic carbocycles. The lowest BCUT2D eigenvalue weighted by Gasteiger charge is -2.14. The fraction of sp³-hybridized carbons (Fsp3) is 0.364. The molecule has 0 bridgehead atoms. The average molecular weight is 206 g/mol. The second-order valence-electron chi connectivity index (χ2n) is 3.51. The SMILES string of the molecule is C=CSC1=C(C)c2nn(C)cc2CC1. The molecule has 1 aromatic heterocycles. The van der Waals surface area contributed by atoms with Crippen molar-refractivity contribution in [1.29, 1.82) is 0 Å². The summed E-state index contributed by atoms with van der Waals surface area (Å²) >= 11 is 1.73. The normalized spacial score (nSPS) is 15.6. The number of aryl methyl sites for hydroxylation is 2. The maximum atomic E-state index is 4.48. The van der Waals surface area contributed by atoms with Gasteiger partial charge >= 0.3 is 0 Å². The highest BCUT2D eigenvalue weighted by Crippen LogP contribution is 2.36. The van der Waals surface area contributed by atoms with Gasteiger partial charge in [0.15, 0.2) is 0 Å². The van der Waals surface area contributed by atoms with E-state index in [1.807, 2.05) is 17.1 Å². The van der Waals surface area contributed by atoms with E-state index in [-0.39, 0.29) is 0 Å². The molecule has 0 unspecified atom stereocenters. The number of aromatic nitrogens is 2. The monoisotopic (exact) mass is 206 g/mol. The maximum Gasteiger partial charge on any atom is 0.0919 e. The van der Waals surface area contributed by atoms with Crippen molar-refractivity contribution in [3.63, 3.8) is 0 Å². The van der Waals surface area contributed by atoms with Gasteiger partial charge in [0.05, 0.1) is 5.69 Å². The highest BCUT2D eigenvalue weighted by Gasteiger charge is 2.18. The molecule has 2 nitrogen and oxygen atoms in total. The third-order valence-electron chi connectivity index (χ3n) is 2.53. The zero-order valence-electron chi connectivity index (χ0n) is 8.58. The van der Waals surface area contributed by atoms with Gasteiger partial charge in [-0.3, -0.25) is 4.68 Å². The minimum absolute atomic E-state index is 1.11. The van der Waals surface area contributed by atoms with Gasteiger partial charge in [0.2, 0.25) is 0 Å². The van der Waals surface area contributed by atoms with E-state index >= 15 is 0 Å². The van der Waals surface area contributed by atoms with Gasteiger partial charge in [-0.1, -0.05) is 6.58 Å². The van der Waals surface area contributed by atoms with E-state index in [9.17, 15) is 0 Å². The number of thioether (sulfide) groups is 1. The number of nitrogens with zero attached hydrogens (tertiary/aromatic N) is 2. The van der Waals surface area contributed by atoms with Crippen molar-refractivity contribution in [2.45, 2.75) is 19.8 Å². The van der Waals surface area contributed by atoms with Crippen LogP contribution in [0.4, 0.5) is 0 Å². The summed E-state index contributed by atoms with van der Waals surface area (Å²) < 4.78 is 1.90. The summed E-state index contributed by atoms with van der Waals surface area (Å²) in [6, 6.07) is 0. The highest BCUT2D eigenvalue weighted by atomic mass is 32.2. The van der Waals surface area contributed by atoms with Crippen LogP contribution in [-0.2, 0) is 13.5 Å². The number of fused-ring (bicyclic) bond motifs is 1. The van der Waals surface area contributed by atoms with E-state index in [4.69, 9.17) is 0 Å². The Labute approximate surface area is 88.7 Å². The van der Waals surface area contributed by atoms with E-state index in [1.54, 1.807) is 11.8 Å². The van der Waals surface area contributed by atoms with Crippen LogP contribution in [0.25, 0.3) is 5.57 Å². The minimum Gasteiger partial charge on any atom is -0.275 e. The zero-order valence-corrected chi connectivity index (χ0v) is 9.40. The molecular formula is C11H14N2S. The predicted molar refractivity (Wildman–Crippen MR) is 61.9 cm³/mol. The molecule has 74 valence electrons. The molecular weight excluding hydrogens is 192 g/mol. The summed E-state index contributed by atoms with van der Waals surface area (Å²) in [5.74, 6) is 0. The Kier molecular flexibility index (Phi) is 2.50. The smallest absolute Gasteiger partial charge is 0.0919 e. The molecule has 0 radical (unpaired) electrons. The quantitative estimate of drug-likeness (QED) is 0.740. The predicted octanol–water partition coefficient (Wildman–Crippen LogP) is 2.97. The molecule has 3 heteroatoms. The molecule has 0 amide bonds. The van der Waals surface area contributed by atoms with Gasteiger partial charge in [0, 0.05) is 13.2 Å². The Balaban J connectivity index is 2.44.